The molecule has 4 nitrogen and oxygen atoms in total. The van der Waals surface area contributed by atoms with E-state index in [1.165, 1.54) is 0 Å². The van der Waals surface area contributed by atoms with E-state index in [1.807, 2.05) is 13.8 Å². The molecule has 26 heavy (non-hydrogen) atoms. The number of anilines is 1. The van der Waals surface area contributed by atoms with E-state index in [2.05, 4.69) is 12.2 Å². The molecule has 0 aromatic heterocycles. The molecule has 0 aliphatic rings. The zero-order valence-corrected chi connectivity index (χ0v) is 16.7. The lowest BCUT2D eigenvalue weighted by atomic mass is 10.1. The van der Waals surface area contributed by atoms with Crippen LogP contribution in [0.2, 0.25) is 10.0 Å². The minimum atomic E-state index is -0.279. The molecule has 2 aromatic rings. The number of nitrogens with one attached hydrogen (secondary N) is 1. The Bertz CT molecular complexity index is 778. The Hall–Kier alpha value is -1.91. The van der Waals surface area contributed by atoms with Crippen molar-refractivity contribution in [2.45, 2.75) is 33.6 Å². The van der Waals surface area contributed by atoms with Crippen molar-refractivity contribution in [3.63, 3.8) is 0 Å². The summed E-state index contributed by atoms with van der Waals surface area (Å²) in [6, 6.07) is 8.53. The molecule has 2 rings (SSSR count). The molecule has 0 spiro atoms. The number of unbranched alkanes of at least 4 members (excludes halogenated alkanes) is 1. The molecule has 0 saturated heterocycles. The number of hydrogen-bond acceptors (Lipinski definition) is 3. The van der Waals surface area contributed by atoms with Crippen LogP contribution in [0.4, 0.5) is 5.69 Å². The lowest BCUT2D eigenvalue weighted by Gasteiger charge is -2.15. The maximum Gasteiger partial charge on any atom is 0.255 e. The number of carbonyl (C=O) groups excluding carboxylic acids is 1. The summed E-state index contributed by atoms with van der Waals surface area (Å²) < 4.78 is 11.4. The molecule has 6 heteroatoms. The van der Waals surface area contributed by atoms with E-state index in [4.69, 9.17) is 32.7 Å². The lowest BCUT2D eigenvalue weighted by molar-refractivity contribution is 0.102. The second-order valence-electron chi connectivity index (χ2n) is 5.83. The molecule has 0 aliphatic carbocycles. The van der Waals surface area contributed by atoms with E-state index in [0.717, 1.165) is 18.4 Å². The summed E-state index contributed by atoms with van der Waals surface area (Å²) in [4.78, 5) is 12.6. The van der Waals surface area contributed by atoms with Crippen LogP contribution in [0.1, 0.15) is 42.6 Å². The van der Waals surface area contributed by atoms with E-state index in [1.54, 1.807) is 30.3 Å². The molecule has 0 fully saturated rings. The zero-order chi connectivity index (χ0) is 19.1. The van der Waals surface area contributed by atoms with Crippen LogP contribution in [0.5, 0.6) is 11.5 Å². The standard InChI is InChI=1S/C20H23Cl2NO3/c1-4-6-9-26-19-16(22)11-14(12-18(19)25-5-2)20(24)23-17-8-7-15(21)10-13(17)3/h7-8,10-12H,4-6,9H2,1-3H3,(H,23,24). The molecule has 0 atom stereocenters. The summed E-state index contributed by atoms with van der Waals surface area (Å²) in [6.07, 6.45) is 1.93. The van der Waals surface area contributed by atoms with Gasteiger partial charge in [0.15, 0.2) is 11.5 Å². The predicted molar refractivity (Wildman–Crippen MR) is 107 cm³/mol. The van der Waals surface area contributed by atoms with Gasteiger partial charge < -0.3 is 14.8 Å². The van der Waals surface area contributed by atoms with Crippen LogP contribution in [0.15, 0.2) is 30.3 Å². The second kappa shape index (κ2) is 9.70. The van der Waals surface area contributed by atoms with Crippen molar-refractivity contribution in [1.82, 2.24) is 0 Å². The molecule has 2 aromatic carbocycles. The van der Waals surface area contributed by atoms with Crippen LogP contribution in [0, 0.1) is 6.92 Å². The third-order valence-corrected chi connectivity index (χ3v) is 4.27. The number of ether oxygens (including phenoxy) is 2. The van der Waals surface area contributed by atoms with Gasteiger partial charge >= 0.3 is 0 Å². The van der Waals surface area contributed by atoms with E-state index < -0.39 is 0 Å². The number of aryl methyl sites for hydroxylation is 1. The van der Waals surface area contributed by atoms with Gasteiger partial charge in [0.05, 0.1) is 18.2 Å². The first kappa shape index (κ1) is 20.4. The number of benzene rings is 2. The summed E-state index contributed by atoms with van der Waals surface area (Å²) in [7, 11) is 0. The highest BCUT2D eigenvalue weighted by Gasteiger charge is 2.17. The SMILES string of the molecule is CCCCOc1c(Cl)cc(C(=O)Nc2ccc(Cl)cc2C)cc1OCC. The van der Waals surface area contributed by atoms with E-state index in [-0.39, 0.29) is 5.91 Å². The van der Waals surface area contributed by atoms with Gasteiger partial charge in [0.25, 0.3) is 5.91 Å². The Kier molecular flexibility index (Phi) is 7.61. The van der Waals surface area contributed by atoms with Crippen molar-refractivity contribution in [3.05, 3.63) is 51.5 Å². The fraction of sp³-hybridized carbons (Fsp3) is 0.350. The minimum Gasteiger partial charge on any atom is -0.490 e. The Morgan fingerprint density at radius 3 is 2.54 bits per heavy atom. The lowest BCUT2D eigenvalue weighted by Crippen LogP contribution is -2.13. The Morgan fingerprint density at radius 1 is 1.12 bits per heavy atom. The first-order chi connectivity index (χ1) is 12.5. The van der Waals surface area contributed by atoms with E-state index in [9.17, 15) is 4.79 Å². The molecule has 0 bridgehead atoms. The first-order valence-corrected chi connectivity index (χ1v) is 9.38. The van der Waals surface area contributed by atoms with Crippen molar-refractivity contribution in [2.24, 2.45) is 0 Å². The summed E-state index contributed by atoms with van der Waals surface area (Å²) in [5.41, 5.74) is 1.97. The number of halogens is 2. The number of amides is 1. The molecule has 1 N–H and O–H groups in total. The summed E-state index contributed by atoms with van der Waals surface area (Å²) in [5.74, 6) is 0.661. The molecule has 0 saturated carbocycles. The summed E-state index contributed by atoms with van der Waals surface area (Å²) in [6.45, 7) is 6.83. The number of hydrogen-bond donors (Lipinski definition) is 1. The van der Waals surface area contributed by atoms with Crippen LogP contribution < -0.4 is 14.8 Å². The van der Waals surface area contributed by atoms with Crippen molar-refractivity contribution >= 4 is 34.8 Å². The Labute approximate surface area is 164 Å². The van der Waals surface area contributed by atoms with Gasteiger partial charge in [-0.05, 0) is 56.2 Å². The molecule has 140 valence electrons. The van der Waals surface area contributed by atoms with Crippen molar-refractivity contribution in [2.75, 3.05) is 18.5 Å². The van der Waals surface area contributed by atoms with Crippen LogP contribution in [-0.4, -0.2) is 19.1 Å². The average Bonchev–Trinajstić information content (AvgIpc) is 2.59. The van der Waals surface area contributed by atoms with Gasteiger partial charge in [0.1, 0.15) is 0 Å². The quantitative estimate of drug-likeness (QED) is 0.546. The van der Waals surface area contributed by atoms with Gasteiger partial charge in [-0.1, -0.05) is 36.5 Å². The highest BCUT2D eigenvalue weighted by Crippen LogP contribution is 2.37. The fourth-order valence-corrected chi connectivity index (χ4v) is 2.87. The van der Waals surface area contributed by atoms with Crippen molar-refractivity contribution < 1.29 is 14.3 Å². The smallest absolute Gasteiger partial charge is 0.255 e. The fourth-order valence-electron chi connectivity index (χ4n) is 2.38. The molecule has 0 radical (unpaired) electrons. The maximum atomic E-state index is 12.6. The van der Waals surface area contributed by atoms with Crippen molar-refractivity contribution in [3.8, 4) is 11.5 Å². The molecule has 0 unspecified atom stereocenters. The molecule has 1 amide bonds. The van der Waals surface area contributed by atoms with Crippen LogP contribution >= 0.6 is 23.2 Å². The third-order valence-electron chi connectivity index (χ3n) is 3.75. The third kappa shape index (κ3) is 5.29. The molecular weight excluding hydrogens is 373 g/mol. The highest BCUT2D eigenvalue weighted by molar-refractivity contribution is 6.33. The van der Waals surface area contributed by atoms with Crippen molar-refractivity contribution in [1.29, 1.82) is 0 Å². The van der Waals surface area contributed by atoms with Crippen LogP contribution in [0.3, 0.4) is 0 Å². The minimum absolute atomic E-state index is 0.279. The molecule has 0 aliphatic heterocycles. The van der Waals surface area contributed by atoms with Gasteiger partial charge in [-0.3, -0.25) is 4.79 Å². The second-order valence-corrected chi connectivity index (χ2v) is 6.68. The molecular formula is C20H23Cl2NO3. The topological polar surface area (TPSA) is 47.6 Å². The number of rotatable bonds is 8. The van der Waals surface area contributed by atoms with Gasteiger partial charge in [-0.15, -0.1) is 0 Å². The van der Waals surface area contributed by atoms with E-state index >= 15 is 0 Å². The van der Waals surface area contributed by atoms with Gasteiger partial charge in [0, 0.05) is 16.3 Å². The normalized spacial score (nSPS) is 10.5. The van der Waals surface area contributed by atoms with Gasteiger partial charge in [-0.2, -0.15) is 0 Å². The maximum absolute atomic E-state index is 12.6. The van der Waals surface area contributed by atoms with Gasteiger partial charge in [-0.25, -0.2) is 0 Å². The predicted octanol–water partition coefficient (Wildman–Crippen LogP) is 6.13. The molecule has 0 heterocycles. The Morgan fingerprint density at radius 2 is 1.88 bits per heavy atom. The van der Waals surface area contributed by atoms with Gasteiger partial charge in [0.2, 0.25) is 0 Å². The summed E-state index contributed by atoms with van der Waals surface area (Å²) in [5, 5.41) is 3.84. The van der Waals surface area contributed by atoms with Crippen LogP contribution in [0.25, 0.3) is 0 Å². The monoisotopic (exact) mass is 395 g/mol. The number of carbonyl (C=O) groups is 1. The van der Waals surface area contributed by atoms with Crippen LogP contribution in [-0.2, 0) is 0 Å². The Balaban J connectivity index is 2.26. The largest absolute Gasteiger partial charge is 0.490 e. The first-order valence-electron chi connectivity index (χ1n) is 8.62. The van der Waals surface area contributed by atoms with E-state index in [0.29, 0.717) is 46.0 Å². The average molecular weight is 396 g/mol. The zero-order valence-electron chi connectivity index (χ0n) is 15.2. The summed E-state index contributed by atoms with van der Waals surface area (Å²) >= 11 is 12.3. The highest BCUT2D eigenvalue weighted by atomic mass is 35.5.